The summed E-state index contributed by atoms with van der Waals surface area (Å²) in [5, 5.41) is 9.08. The van der Waals surface area contributed by atoms with Crippen LogP contribution in [0.1, 0.15) is 20.7 Å². The summed E-state index contributed by atoms with van der Waals surface area (Å²) < 4.78 is 5.48. The molecule has 0 unspecified atom stereocenters. The minimum atomic E-state index is -1.13. The van der Waals surface area contributed by atoms with E-state index in [1.165, 1.54) is 23.2 Å². The molecule has 108 valence electrons. The lowest BCUT2D eigenvalue weighted by atomic mass is 10.2. The van der Waals surface area contributed by atoms with Crippen LogP contribution in [0.3, 0.4) is 0 Å². The summed E-state index contributed by atoms with van der Waals surface area (Å²) >= 11 is 0. The summed E-state index contributed by atoms with van der Waals surface area (Å²) in [5.74, 6) is -0.957. The van der Waals surface area contributed by atoms with Gasteiger partial charge >= 0.3 is 5.97 Å². The minimum absolute atomic E-state index is 0.0144. The van der Waals surface area contributed by atoms with Crippen LogP contribution in [0.2, 0.25) is 0 Å². The maximum atomic E-state index is 11.9. The Morgan fingerprint density at radius 1 is 1.19 bits per heavy atom. The normalized spacial score (nSPS) is 10.0. The van der Waals surface area contributed by atoms with Gasteiger partial charge in [0.2, 0.25) is 5.88 Å². The van der Waals surface area contributed by atoms with Crippen LogP contribution in [-0.2, 0) is 0 Å². The number of pyridine rings is 1. The number of carboxylic acids is 1. The fourth-order valence-electron chi connectivity index (χ4n) is 1.70. The van der Waals surface area contributed by atoms with E-state index in [-0.39, 0.29) is 17.4 Å². The quantitative estimate of drug-likeness (QED) is 0.932. The first-order valence-corrected chi connectivity index (χ1v) is 6.17. The maximum absolute atomic E-state index is 11.9. The number of aromatic carboxylic acids is 1. The predicted octanol–water partition coefficient (Wildman–Crippen LogP) is 2.27. The van der Waals surface area contributed by atoms with Crippen LogP contribution in [0.15, 0.2) is 42.6 Å². The van der Waals surface area contributed by atoms with Crippen molar-refractivity contribution in [3.8, 4) is 11.6 Å². The van der Waals surface area contributed by atoms with Crippen molar-refractivity contribution in [3.63, 3.8) is 0 Å². The lowest BCUT2D eigenvalue weighted by Crippen LogP contribution is -2.21. The molecule has 0 aliphatic carbocycles. The molecule has 1 heterocycles. The van der Waals surface area contributed by atoms with Crippen LogP contribution >= 0.6 is 0 Å². The van der Waals surface area contributed by atoms with Gasteiger partial charge in [0.05, 0.1) is 0 Å². The lowest BCUT2D eigenvalue weighted by molar-refractivity contribution is 0.0692. The van der Waals surface area contributed by atoms with Crippen LogP contribution < -0.4 is 4.74 Å². The molecule has 2 rings (SSSR count). The molecule has 0 spiro atoms. The first-order valence-electron chi connectivity index (χ1n) is 6.17. The molecule has 6 nitrogen and oxygen atoms in total. The highest BCUT2D eigenvalue weighted by Crippen LogP contribution is 2.24. The summed E-state index contributed by atoms with van der Waals surface area (Å²) in [6.45, 7) is 0. The number of amides is 1. The fraction of sp³-hybridized carbons (Fsp3) is 0.133. The first kappa shape index (κ1) is 14.5. The van der Waals surface area contributed by atoms with Gasteiger partial charge < -0.3 is 14.7 Å². The molecule has 0 aliphatic rings. The van der Waals surface area contributed by atoms with Gasteiger partial charge in [-0.2, -0.15) is 0 Å². The summed E-state index contributed by atoms with van der Waals surface area (Å²) in [4.78, 5) is 28.3. The zero-order valence-electron chi connectivity index (χ0n) is 11.6. The Bertz CT molecular complexity index is 683. The van der Waals surface area contributed by atoms with E-state index in [9.17, 15) is 9.59 Å². The van der Waals surface area contributed by atoms with Gasteiger partial charge in [-0.15, -0.1) is 0 Å². The zero-order valence-corrected chi connectivity index (χ0v) is 11.6. The second kappa shape index (κ2) is 6.04. The van der Waals surface area contributed by atoms with Gasteiger partial charge in [-0.3, -0.25) is 4.79 Å². The SMILES string of the molecule is CN(C)C(=O)c1cccc(Oc2ncccc2C(=O)O)c1. The van der Waals surface area contributed by atoms with Gasteiger partial charge in [-0.1, -0.05) is 6.07 Å². The maximum Gasteiger partial charge on any atom is 0.341 e. The van der Waals surface area contributed by atoms with Gasteiger partial charge in [0.15, 0.2) is 0 Å². The van der Waals surface area contributed by atoms with E-state index in [2.05, 4.69) is 4.98 Å². The van der Waals surface area contributed by atoms with Crippen molar-refractivity contribution in [2.75, 3.05) is 14.1 Å². The fourth-order valence-corrected chi connectivity index (χ4v) is 1.70. The third kappa shape index (κ3) is 3.36. The third-order valence-electron chi connectivity index (χ3n) is 2.70. The van der Waals surface area contributed by atoms with E-state index in [4.69, 9.17) is 9.84 Å². The van der Waals surface area contributed by atoms with Gasteiger partial charge in [0.25, 0.3) is 5.91 Å². The number of rotatable bonds is 4. The molecule has 0 atom stereocenters. The van der Waals surface area contributed by atoms with Crippen molar-refractivity contribution in [2.45, 2.75) is 0 Å². The molecular weight excluding hydrogens is 272 g/mol. The largest absolute Gasteiger partial charge is 0.477 e. The van der Waals surface area contributed by atoms with Gasteiger partial charge in [-0.25, -0.2) is 9.78 Å². The molecular formula is C15H14N2O4. The average molecular weight is 286 g/mol. The number of hydrogen-bond acceptors (Lipinski definition) is 4. The van der Waals surface area contributed by atoms with Crippen molar-refractivity contribution in [2.24, 2.45) is 0 Å². The number of carbonyl (C=O) groups is 2. The second-order valence-electron chi connectivity index (χ2n) is 4.49. The molecule has 0 saturated heterocycles. The monoisotopic (exact) mass is 286 g/mol. The molecule has 0 bridgehead atoms. The zero-order chi connectivity index (χ0) is 15.4. The topological polar surface area (TPSA) is 79.7 Å². The standard InChI is InChI=1S/C15H14N2O4/c1-17(2)14(18)10-5-3-6-11(9-10)21-13-12(15(19)20)7-4-8-16-13/h3-9H,1-2H3,(H,19,20). The summed E-state index contributed by atoms with van der Waals surface area (Å²) in [6, 6.07) is 9.42. The Hall–Kier alpha value is -2.89. The third-order valence-corrected chi connectivity index (χ3v) is 2.70. The Labute approximate surface area is 121 Å². The van der Waals surface area contributed by atoms with Crippen LogP contribution in [0.4, 0.5) is 0 Å². The highest BCUT2D eigenvalue weighted by atomic mass is 16.5. The van der Waals surface area contributed by atoms with E-state index in [1.54, 1.807) is 38.4 Å². The smallest absolute Gasteiger partial charge is 0.341 e. The Morgan fingerprint density at radius 3 is 2.62 bits per heavy atom. The summed E-state index contributed by atoms with van der Waals surface area (Å²) in [6.07, 6.45) is 1.44. The van der Waals surface area contributed by atoms with Crippen molar-refractivity contribution < 1.29 is 19.4 Å². The van der Waals surface area contributed by atoms with E-state index in [1.807, 2.05) is 0 Å². The van der Waals surface area contributed by atoms with E-state index in [0.717, 1.165) is 0 Å². The number of carboxylic acid groups (broad SMARTS) is 1. The second-order valence-corrected chi connectivity index (χ2v) is 4.49. The highest BCUT2D eigenvalue weighted by molar-refractivity contribution is 5.94. The van der Waals surface area contributed by atoms with Crippen molar-refractivity contribution >= 4 is 11.9 Å². The molecule has 6 heteroatoms. The molecule has 0 aliphatic heterocycles. The average Bonchev–Trinajstić information content (AvgIpc) is 2.47. The van der Waals surface area contributed by atoms with Crippen molar-refractivity contribution in [1.29, 1.82) is 0 Å². The molecule has 0 fully saturated rings. The van der Waals surface area contributed by atoms with E-state index < -0.39 is 5.97 Å². The van der Waals surface area contributed by atoms with Crippen LogP contribution in [0, 0.1) is 0 Å². The number of carbonyl (C=O) groups excluding carboxylic acids is 1. The van der Waals surface area contributed by atoms with Gasteiger partial charge in [-0.05, 0) is 30.3 Å². The number of aromatic nitrogens is 1. The summed E-state index contributed by atoms with van der Waals surface area (Å²) in [5.41, 5.74) is 0.409. The number of benzene rings is 1. The number of nitrogens with zero attached hydrogens (tertiary/aromatic N) is 2. The number of ether oxygens (including phenoxy) is 1. The lowest BCUT2D eigenvalue weighted by Gasteiger charge is -2.12. The number of hydrogen-bond donors (Lipinski definition) is 1. The Morgan fingerprint density at radius 2 is 1.95 bits per heavy atom. The Kier molecular flexibility index (Phi) is 4.18. The molecule has 1 amide bonds. The van der Waals surface area contributed by atoms with Crippen LogP contribution in [-0.4, -0.2) is 41.0 Å². The highest BCUT2D eigenvalue weighted by Gasteiger charge is 2.14. The Balaban J connectivity index is 2.31. The molecule has 1 aromatic carbocycles. The van der Waals surface area contributed by atoms with Crippen LogP contribution in [0.5, 0.6) is 11.6 Å². The minimum Gasteiger partial charge on any atom is -0.477 e. The molecule has 2 aromatic rings. The van der Waals surface area contributed by atoms with E-state index >= 15 is 0 Å². The van der Waals surface area contributed by atoms with Gasteiger partial charge in [0, 0.05) is 25.9 Å². The van der Waals surface area contributed by atoms with Crippen LogP contribution in [0.25, 0.3) is 0 Å². The molecule has 21 heavy (non-hydrogen) atoms. The van der Waals surface area contributed by atoms with E-state index in [0.29, 0.717) is 11.3 Å². The molecule has 1 N–H and O–H groups in total. The molecule has 0 saturated carbocycles. The molecule has 1 aromatic heterocycles. The molecule has 0 radical (unpaired) electrons. The predicted molar refractivity (Wildman–Crippen MR) is 75.7 cm³/mol. The summed E-state index contributed by atoms with van der Waals surface area (Å²) in [7, 11) is 3.30. The first-order chi connectivity index (χ1) is 9.99. The van der Waals surface area contributed by atoms with Crippen molar-refractivity contribution in [3.05, 3.63) is 53.7 Å². The van der Waals surface area contributed by atoms with Gasteiger partial charge in [0.1, 0.15) is 11.3 Å². The van der Waals surface area contributed by atoms with Crippen molar-refractivity contribution in [1.82, 2.24) is 9.88 Å².